The van der Waals surface area contributed by atoms with Crippen LogP contribution in [-0.4, -0.2) is 32.1 Å². The first kappa shape index (κ1) is 18.6. The monoisotopic (exact) mass is 376 g/mol. The number of amides is 2. The summed E-state index contributed by atoms with van der Waals surface area (Å²) in [7, 11) is 1.30. The van der Waals surface area contributed by atoms with Gasteiger partial charge in [0.15, 0.2) is 11.5 Å². The van der Waals surface area contributed by atoms with E-state index in [2.05, 4.69) is 10.1 Å². The van der Waals surface area contributed by atoms with Crippen LogP contribution >= 0.6 is 0 Å². The Kier molecular flexibility index (Phi) is 5.54. The van der Waals surface area contributed by atoms with Gasteiger partial charge in [-0.3, -0.25) is 9.59 Å². The lowest BCUT2D eigenvalue weighted by atomic mass is 10.1. The van der Waals surface area contributed by atoms with Crippen molar-refractivity contribution in [2.24, 2.45) is 0 Å². The van der Waals surface area contributed by atoms with Crippen LogP contribution in [0.5, 0.6) is 11.5 Å². The van der Waals surface area contributed by atoms with E-state index in [-0.39, 0.29) is 23.0 Å². The molecule has 0 unspecified atom stereocenters. The normalized spacial score (nSPS) is 13.8. The number of para-hydroxylation sites is 2. The van der Waals surface area contributed by atoms with Gasteiger partial charge in [0.05, 0.1) is 18.5 Å². The summed E-state index contributed by atoms with van der Waals surface area (Å²) in [4.78, 5) is 26.3. The van der Waals surface area contributed by atoms with E-state index < -0.39 is 12.5 Å². The van der Waals surface area contributed by atoms with Crippen molar-refractivity contribution in [1.29, 1.82) is 0 Å². The van der Waals surface area contributed by atoms with Crippen molar-refractivity contribution in [3.05, 3.63) is 48.0 Å². The molecule has 0 spiro atoms. The number of hydrogen-bond acceptors (Lipinski definition) is 4. The van der Waals surface area contributed by atoms with Crippen molar-refractivity contribution in [3.63, 3.8) is 0 Å². The third-order valence-corrected chi connectivity index (χ3v) is 4.16. The van der Waals surface area contributed by atoms with Crippen LogP contribution in [0.15, 0.2) is 42.5 Å². The van der Waals surface area contributed by atoms with Crippen molar-refractivity contribution in [2.45, 2.75) is 19.5 Å². The Labute approximate surface area is 154 Å². The Morgan fingerprint density at radius 2 is 1.96 bits per heavy atom. The summed E-state index contributed by atoms with van der Waals surface area (Å²) in [6, 6.07) is 10.9. The highest BCUT2D eigenvalue weighted by molar-refractivity contribution is 6.08. The summed E-state index contributed by atoms with van der Waals surface area (Å²) in [6.45, 7) is -2.40. The molecule has 2 aromatic rings. The predicted octanol–water partition coefficient (Wildman–Crippen LogP) is 3.68. The van der Waals surface area contributed by atoms with Gasteiger partial charge in [0.1, 0.15) is 0 Å². The van der Waals surface area contributed by atoms with Crippen LogP contribution in [0.1, 0.15) is 23.2 Å². The Morgan fingerprint density at radius 1 is 1.19 bits per heavy atom. The quantitative estimate of drug-likeness (QED) is 0.835. The van der Waals surface area contributed by atoms with Crippen LogP contribution in [0, 0.1) is 0 Å². The molecule has 1 aliphatic rings. The van der Waals surface area contributed by atoms with Gasteiger partial charge in [-0.05, 0) is 36.8 Å². The number of anilines is 2. The van der Waals surface area contributed by atoms with Crippen molar-refractivity contribution in [1.82, 2.24) is 0 Å². The minimum absolute atomic E-state index is 0.00636. The third-order valence-electron chi connectivity index (χ3n) is 4.16. The number of halogens is 2. The van der Waals surface area contributed by atoms with Crippen LogP contribution in [0.3, 0.4) is 0 Å². The number of benzene rings is 2. The van der Waals surface area contributed by atoms with Crippen LogP contribution in [-0.2, 0) is 4.79 Å². The number of ether oxygens (including phenoxy) is 2. The molecule has 6 nitrogen and oxygen atoms in total. The van der Waals surface area contributed by atoms with Crippen LogP contribution < -0.4 is 19.7 Å². The molecule has 27 heavy (non-hydrogen) atoms. The molecule has 1 N–H and O–H groups in total. The number of carbonyl (C=O) groups is 2. The summed E-state index contributed by atoms with van der Waals surface area (Å²) in [5, 5.41) is 2.76. The number of methoxy groups -OCH3 is 1. The van der Waals surface area contributed by atoms with Crippen molar-refractivity contribution in [3.8, 4) is 11.5 Å². The predicted molar refractivity (Wildman–Crippen MR) is 95.6 cm³/mol. The standard InChI is InChI=1S/C19H18F2N2O4/c1-26-16-11-12(8-9-15(16)27-19(20)21)18(25)22-13-5-2-3-6-14(13)23-10-4-7-17(23)24/h2-3,5-6,8-9,11,19H,4,7,10H2,1H3,(H,22,25). The first-order valence-electron chi connectivity index (χ1n) is 8.33. The fourth-order valence-electron chi connectivity index (χ4n) is 2.91. The third kappa shape index (κ3) is 4.16. The van der Waals surface area contributed by atoms with Gasteiger partial charge >= 0.3 is 6.61 Å². The first-order valence-corrected chi connectivity index (χ1v) is 8.33. The highest BCUT2D eigenvalue weighted by atomic mass is 19.3. The molecule has 8 heteroatoms. The lowest BCUT2D eigenvalue weighted by Crippen LogP contribution is -2.25. The molecule has 0 saturated carbocycles. The van der Waals surface area contributed by atoms with E-state index in [1.165, 1.54) is 25.3 Å². The van der Waals surface area contributed by atoms with E-state index >= 15 is 0 Å². The Hall–Kier alpha value is -3.16. The van der Waals surface area contributed by atoms with Gasteiger partial charge in [0.2, 0.25) is 5.91 Å². The van der Waals surface area contributed by atoms with Gasteiger partial charge in [-0.2, -0.15) is 8.78 Å². The second kappa shape index (κ2) is 8.03. The number of rotatable bonds is 6. The van der Waals surface area contributed by atoms with Gasteiger partial charge < -0.3 is 19.7 Å². The molecule has 142 valence electrons. The molecule has 0 aliphatic carbocycles. The van der Waals surface area contributed by atoms with E-state index in [1.54, 1.807) is 29.2 Å². The largest absolute Gasteiger partial charge is 0.493 e. The highest BCUT2D eigenvalue weighted by Crippen LogP contribution is 2.32. The van der Waals surface area contributed by atoms with Crippen LogP contribution in [0.25, 0.3) is 0 Å². The summed E-state index contributed by atoms with van der Waals surface area (Å²) in [6.07, 6.45) is 1.25. The van der Waals surface area contributed by atoms with Crippen molar-refractivity contribution in [2.75, 3.05) is 23.9 Å². The number of nitrogens with zero attached hydrogens (tertiary/aromatic N) is 1. The molecule has 1 aliphatic heterocycles. The molecule has 1 fully saturated rings. The molecule has 2 amide bonds. The topological polar surface area (TPSA) is 67.9 Å². The maximum atomic E-state index is 12.6. The number of nitrogens with one attached hydrogen (secondary N) is 1. The highest BCUT2D eigenvalue weighted by Gasteiger charge is 2.24. The Morgan fingerprint density at radius 3 is 2.63 bits per heavy atom. The molecular weight excluding hydrogens is 358 g/mol. The van der Waals surface area contributed by atoms with E-state index in [0.717, 1.165) is 6.42 Å². The molecule has 3 rings (SSSR count). The smallest absolute Gasteiger partial charge is 0.387 e. The molecule has 1 heterocycles. The minimum Gasteiger partial charge on any atom is -0.493 e. The molecule has 2 aromatic carbocycles. The summed E-state index contributed by atoms with van der Waals surface area (Å²) >= 11 is 0. The fourth-order valence-corrected chi connectivity index (χ4v) is 2.91. The van der Waals surface area contributed by atoms with Crippen LogP contribution in [0.2, 0.25) is 0 Å². The molecular formula is C19H18F2N2O4. The van der Waals surface area contributed by atoms with Gasteiger partial charge in [-0.25, -0.2) is 0 Å². The average Bonchev–Trinajstić information content (AvgIpc) is 3.07. The minimum atomic E-state index is -3.00. The zero-order chi connectivity index (χ0) is 19.4. The van der Waals surface area contributed by atoms with Gasteiger partial charge in [-0.15, -0.1) is 0 Å². The van der Waals surface area contributed by atoms with Gasteiger partial charge in [0.25, 0.3) is 5.91 Å². The SMILES string of the molecule is COc1cc(C(=O)Nc2ccccc2N2CCCC2=O)ccc1OC(F)F. The maximum Gasteiger partial charge on any atom is 0.387 e. The van der Waals surface area contributed by atoms with E-state index in [9.17, 15) is 18.4 Å². The molecule has 0 bridgehead atoms. The molecule has 0 radical (unpaired) electrons. The zero-order valence-electron chi connectivity index (χ0n) is 14.6. The number of carbonyl (C=O) groups excluding carboxylic acids is 2. The lowest BCUT2D eigenvalue weighted by Gasteiger charge is -2.20. The zero-order valence-corrected chi connectivity index (χ0v) is 14.6. The van der Waals surface area contributed by atoms with Gasteiger partial charge in [0, 0.05) is 18.5 Å². The van der Waals surface area contributed by atoms with Gasteiger partial charge in [-0.1, -0.05) is 12.1 Å². The second-order valence-electron chi connectivity index (χ2n) is 5.86. The van der Waals surface area contributed by atoms with Crippen molar-refractivity contribution >= 4 is 23.2 Å². The van der Waals surface area contributed by atoms with Crippen molar-refractivity contribution < 1.29 is 27.8 Å². The van der Waals surface area contributed by atoms with Crippen LogP contribution in [0.4, 0.5) is 20.2 Å². The maximum absolute atomic E-state index is 12.6. The fraction of sp³-hybridized carbons (Fsp3) is 0.263. The first-order chi connectivity index (χ1) is 13.0. The summed E-state index contributed by atoms with van der Waals surface area (Å²) < 4.78 is 34.2. The van der Waals surface area contributed by atoms with E-state index in [0.29, 0.717) is 24.3 Å². The Balaban J connectivity index is 1.83. The number of alkyl halides is 2. The lowest BCUT2D eigenvalue weighted by molar-refractivity contribution is -0.117. The van der Waals surface area contributed by atoms with E-state index in [4.69, 9.17) is 4.74 Å². The molecule has 1 saturated heterocycles. The second-order valence-corrected chi connectivity index (χ2v) is 5.86. The van der Waals surface area contributed by atoms with E-state index in [1.807, 2.05) is 0 Å². The summed E-state index contributed by atoms with van der Waals surface area (Å²) in [5.74, 6) is -0.596. The number of hydrogen-bond donors (Lipinski definition) is 1. The average molecular weight is 376 g/mol. The molecule has 0 atom stereocenters. The Bertz CT molecular complexity index is 857. The molecule has 0 aromatic heterocycles. The summed E-state index contributed by atoms with van der Waals surface area (Å²) in [5.41, 5.74) is 1.32.